The van der Waals surface area contributed by atoms with Gasteiger partial charge in [0.1, 0.15) is 10.8 Å². The fourth-order valence-corrected chi connectivity index (χ4v) is 2.78. The van der Waals surface area contributed by atoms with E-state index < -0.39 is 0 Å². The molecule has 102 valence electrons. The molecule has 0 amide bonds. The van der Waals surface area contributed by atoms with Crippen molar-refractivity contribution in [3.8, 4) is 5.75 Å². The van der Waals surface area contributed by atoms with Gasteiger partial charge in [0, 0.05) is 23.2 Å². The molecule has 1 atom stereocenters. The van der Waals surface area contributed by atoms with Crippen LogP contribution in [0, 0.1) is 6.92 Å². The van der Waals surface area contributed by atoms with Crippen LogP contribution in [0.2, 0.25) is 0 Å². The maximum absolute atomic E-state index is 9.97. The van der Waals surface area contributed by atoms with Crippen molar-refractivity contribution < 1.29 is 5.11 Å². The SMILES string of the molecule is CCc1cnc(C(C)NCc2cccc(C)c2O)s1. The predicted molar refractivity (Wildman–Crippen MR) is 79.6 cm³/mol. The maximum Gasteiger partial charge on any atom is 0.122 e. The van der Waals surface area contributed by atoms with Crippen molar-refractivity contribution in [2.24, 2.45) is 0 Å². The summed E-state index contributed by atoms with van der Waals surface area (Å²) in [7, 11) is 0. The molecule has 2 rings (SSSR count). The molecule has 2 N–H and O–H groups in total. The van der Waals surface area contributed by atoms with Crippen molar-refractivity contribution in [2.75, 3.05) is 0 Å². The number of rotatable bonds is 5. The first-order chi connectivity index (χ1) is 9.11. The highest BCUT2D eigenvalue weighted by Gasteiger charge is 2.11. The molecule has 0 aliphatic carbocycles. The first-order valence-electron chi connectivity index (χ1n) is 6.57. The number of aryl methyl sites for hydroxylation is 2. The quantitative estimate of drug-likeness (QED) is 0.877. The number of thiazole rings is 1. The predicted octanol–water partition coefficient (Wildman–Crippen LogP) is 3.57. The molecule has 2 aromatic rings. The van der Waals surface area contributed by atoms with Crippen LogP contribution in [-0.2, 0) is 13.0 Å². The Kier molecular flexibility index (Phi) is 4.56. The van der Waals surface area contributed by atoms with Crippen LogP contribution >= 0.6 is 11.3 Å². The third-order valence-electron chi connectivity index (χ3n) is 3.21. The topological polar surface area (TPSA) is 45.2 Å². The molecule has 0 radical (unpaired) electrons. The second-order valence-electron chi connectivity index (χ2n) is 4.70. The molecule has 0 fully saturated rings. The molecule has 1 unspecified atom stereocenters. The monoisotopic (exact) mass is 276 g/mol. The van der Waals surface area contributed by atoms with Gasteiger partial charge in [0.2, 0.25) is 0 Å². The molecule has 0 saturated carbocycles. The molecule has 1 heterocycles. The van der Waals surface area contributed by atoms with Gasteiger partial charge in [-0.3, -0.25) is 0 Å². The Morgan fingerprint density at radius 1 is 1.42 bits per heavy atom. The van der Waals surface area contributed by atoms with Crippen LogP contribution in [0.5, 0.6) is 5.75 Å². The zero-order chi connectivity index (χ0) is 13.8. The van der Waals surface area contributed by atoms with Crippen molar-refractivity contribution in [2.45, 2.75) is 39.8 Å². The van der Waals surface area contributed by atoms with E-state index in [2.05, 4.69) is 24.1 Å². The second-order valence-corrected chi connectivity index (χ2v) is 5.85. The minimum atomic E-state index is 0.199. The molecule has 1 aromatic carbocycles. The number of phenolic OH excluding ortho intramolecular Hbond substituents is 1. The average molecular weight is 276 g/mol. The lowest BCUT2D eigenvalue weighted by Gasteiger charge is -2.13. The Morgan fingerprint density at radius 2 is 2.21 bits per heavy atom. The molecule has 0 aliphatic heterocycles. The third kappa shape index (κ3) is 3.33. The molecule has 1 aromatic heterocycles. The Hall–Kier alpha value is -1.39. The molecule has 19 heavy (non-hydrogen) atoms. The van der Waals surface area contributed by atoms with Gasteiger partial charge in [-0.1, -0.05) is 25.1 Å². The van der Waals surface area contributed by atoms with Gasteiger partial charge in [-0.05, 0) is 25.8 Å². The van der Waals surface area contributed by atoms with Gasteiger partial charge in [-0.15, -0.1) is 11.3 Å². The van der Waals surface area contributed by atoms with Crippen LogP contribution in [-0.4, -0.2) is 10.1 Å². The van der Waals surface area contributed by atoms with E-state index in [1.807, 2.05) is 31.3 Å². The lowest BCUT2D eigenvalue weighted by molar-refractivity contribution is 0.456. The summed E-state index contributed by atoms with van der Waals surface area (Å²) in [5.74, 6) is 0.385. The summed E-state index contributed by atoms with van der Waals surface area (Å²) in [4.78, 5) is 5.74. The molecular formula is C15H20N2OS. The summed E-state index contributed by atoms with van der Waals surface area (Å²) in [6, 6.07) is 6.03. The smallest absolute Gasteiger partial charge is 0.122 e. The maximum atomic E-state index is 9.97. The zero-order valence-electron chi connectivity index (χ0n) is 11.6. The van der Waals surface area contributed by atoms with Crippen molar-refractivity contribution in [3.63, 3.8) is 0 Å². The summed E-state index contributed by atoms with van der Waals surface area (Å²) in [6.45, 7) is 6.80. The number of aromatic nitrogens is 1. The van der Waals surface area contributed by atoms with Crippen LogP contribution in [0.4, 0.5) is 0 Å². The van der Waals surface area contributed by atoms with Gasteiger partial charge in [0.25, 0.3) is 0 Å². The van der Waals surface area contributed by atoms with Crippen molar-refractivity contribution >= 4 is 11.3 Å². The normalized spacial score (nSPS) is 12.6. The Morgan fingerprint density at radius 3 is 2.89 bits per heavy atom. The number of nitrogens with zero attached hydrogens (tertiary/aromatic N) is 1. The van der Waals surface area contributed by atoms with Gasteiger partial charge in [-0.25, -0.2) is 4.98 Å². The van der Waals surface area contributed by atoms with Gasteiger partial charge in [-0.2, -0.15) is 0 Å². The zero-order valence-corrected chi connectivity index (χ0v) is 12.4. The highest BCUT2D eigenvalue weighted by molar-refractivity contribution is 7.11. The number of hydrogen-bond donors (Lipinski definition) is 2. The largest absolute Gasteiger partial charge is 0.507 e. The van der Waals surface area contributed by atoms with E-state index in [9.17, 15) is 5.11 Å². The molecule has 0 spiro atoms. The number of nitrogens with one attached hydrogen (secondary N) is 1. The molecule has 0 aliphatic rings. The number of benzene rings is 1. The van der Waals surface area contributed by atoms with Crippen LogP contribution in [0.1, 0.15) is 40.9 Å². The van der Waals surface area contributed by atoms with Crippen molar-refractivity contribution in [1.29, 1.82) is 0 Å². The molecule has 0 saturated heterocycles. The van der Waals surface area contributed by atoms with Crippen molar-refractivity contribution in [1.82, 2.24) is 10.3 Å². The van der Waals surface area contributed by atoms with E-state index in [-0.39, 0.29) is 6.04 Å². The standard InChI is InChI=1S/C15H20N2OS/c1-4-13-9-17-15(19-13)11(3)16-8-12-7-5-6-10(2)14(12)18/h5-7,9,11,16,18H,4,8H2,1-3H3. The van der Waals surface area contributed by atoms with Gasteiger partial charge in [0.15, 0.2) is 0 Å². The summed E-state index contributed by atoms with van der Waals surface area (Å²) in [5, 5.41) is 14.5. The van der Waals surface area contributed by atoms with E-state index in [0.717, 1.165) is 22.6 Å². The van der Waals surface area contributed by atoms with Crippen LogP contribution in [0.3, 0.4) is 0 Å². The first kappa shape index (κ1) is 14.0. The fourth-order valence-electron chi connectivity index (χ4n) is 1.90. The Balaban J connectivity index is 2.00. The lowest BCUT2D eigenvalue weighted by Crippen LogP contribution is -2.18. The van der Waals surface area contributed by atoms with Crippen LogP contribution in [0.15, 0.2) is 24.4 Å². The molecule has 4 heteroatoms. The number of aromatic hydroxyl groups is 1. The summed E-state index contributed by atoms with van der Waals surface area (Å²) in [5.41, 5.74) is 1.84. The third-order valence-corrected chi connectivity index (χ3v) is 4.53. The van der Waals surface area contributed by atoms with Gasteiger partial charge in [0.05, 0.1) is 6.04 Å². The highest BCUT2D eigenvalue weighted by Crippen LogP contribution is 2.24. The summed E-state index contributed by atoms with van der Waals surface area (Å²) >= 11 is 1.75. The van der Waals surface area contributed by atoms with Gasteiger partial charge >= 0.3 is 0 Å². The van der Waals surface area contributed by atoms with E-state index in [0.29, 0.717) is 12.3 Å². The second kappa shape index (κ2) is 6.17. The number of phenols is 1. The van der Waals surface area contributed by atoms with E-state index in [1.54, 1.807) is 11.3 Å². The van der Waals surface area contributed by atoms with E-state index >= 15 is 0 Å². The summed E-state index contributed by atoms with van der Waals surface area (Å²) < 4.78 is 0. The molecule has 0 bridgehead atoms. The summed E-state index contributed by atoms with van der Waals surface area (Å²) in [6.07, 6.45) is 2.98. The minimum absolute atomic E-state index is 0.199. The first-order valence-corrected chi connectivity index (χ1v) is 7.39. The van der Waals surface area contributed by atoms with E-state index in [4.69, 9.17) is 0 Å². The van der Waals surface area contributed by atoms with Gasteiger partial charge < -0.3 is 10.4 Å². The van der Waals surface area contributed by atoms with Crippen molar-refractivity contribution in [3.05, 3.63) is 45.4 Å². The van der Waals surface area contributed by atoms with Crippen LogP contribution < -0.4 is 5.32 Å². The minimum Gasteiger partial charge on any atom is -0.507 e. The number of hydrogen-bond acceptors (Lipinski definition) is 4. The Labute approximate surface area is 118 Å². The lowest BCUT2D eigenvalue weighted by atomic mass is 10.1. The highest BCUT2D eigenvalue weighted by atomic mass is 32.1. The van der Waals surface area contributed by atoms with E-state index in [1.165, 1.54) is 4.88 Å². The average Bonchev–Trinajstić information content (AvgIpc) is 2.89. The Bertz CT molecular complexity index is 551. The fraction of sp³-hybridized carbons (Fsp3) is 0.400. The van der Waals surface area contributed by atoms with Crippen LogP contribution in [0.25, 0.3) is 0 Å². The molecule has 3 nitrogen and oxygen atoms in total. The molecular weight excluding hydrogens is 256 g/mol. The number of para-hydroxylation sites is 1.